The normalized spacial score (nSPS) is 17.9. The topological polar surface area (TPSA) is 48.4 Å². The van der Waals surface area contributed by atoms with Gasteiger partial charge < -0.3 is 15.3 Å². The SMILES string of the molecule is CN(C)c1ccc(-c2nc3c(s2)C(O)CNC3)cc1Br. The maximum atomic E-state index is 9.99. The van der Waals surface area contributed by atoms with E-state index in [1.807, 2.05) is 14.1 Å². The van der Waals surface area contributed by atoms with Gasteiger partial charge in [0.05, 0.1) is 16.3 Å². The van der Waals surface area contributed by atoms with Gasteiger partial charge in [0.2, 0.25) is 0 Å². The average molecular weight is 354 g/mol. The second kappa shape index (κ2) is 5.44. The Balaban J connectivity index is 1.99. The van der Waals surface area contributed by atoms with Gasteiger partial charge in [-0.1, -0.05) is 0 Å². The molecule has 1 aromatic heterocycles. The number of hydrogen-bond donors (Lipinski definition) is 2. The van der Waals surface area contributed by atoms with Gasteiger partial charge in [-0.3, -0.25) is 0 Å². The Morgan fingerprint density at radius 2 is 2.25 bits per heavy atom. The lowest BCUT2D eigenvalue weighted by Crippen LogP contribution is -2.26. The van der Waals surface area contributed by atoms with Crippen LogP contribution < -0.4 is 10.2 Å². The van der Waals surface area contributed by atoms with Crippen molar-refractivity contribution in [3.8, 4) is 10.6 Å². The van der Waals surface area contributed by atoms with Gasteiger partial charge >= 0.3 is 0 Å². The summed E-state index contributed by atoms with van der Waals surface area (Å²) in [6.45, 7) is 1.34. The fourth-order valence-electron chi connectivity index (χ4n) is 2.30. The predicted molar refractivity (Wildman–Crippen MR) is 86.2 cm³/mol. The van der Waals surface area contributed by atoms with Crippen LogP contribution in [0.25, 0.3) is 10.6 Å². The van der Waals surface area contributed by atoms with Crippen molar-refractivity contribution in [2.24, 2.45) is 0 Å². The van der Waals surface area contributed by atoms with Gasteiger partial charge in [0, 0.05) is 37.2 Å². The van der Waals surface area contributed by atoms with Gasteiger partial charge in [-0.05, 0) is 34.1 Å². The number of hydrogen-bond acceptors (Lipinski definition) is 5. The van der Waals surface area contributed by atoms with Gasteiger partial charge in [-0.2, -0.15) is 0 Å². The third kappa shape index (κ3) is 2.48. The summed E-state index contributed by atoms with van der Waals surface area (Å²) in [5.74, 6) is 0. The van der Waals surface area contributed by atoms with Crippen LogP contribution in [0.2, 0.25) is 0 Å². The van der Waals surface area contributed by atoms with Crippen LogP contribution in [-0.2, 0) is 6.54 Å². The number of fused-ring (bicyclic) bond motifs is 1. The number of thiazole rings is 1. The Morgan fingerprint density at radius 3 is 2.90 bits per heavy atom. The average Bonchev–Trinajstić information content (AvgIpc) is 2.83. The Bertz CT molecular complexity index is 641. The van der Waals surface area contributed by atoms with Crippen LogP contribution in [-0.4, -0.2) is 30.7 Å². The molecule has 2 heterocycles. The molecule has 1 aliphatic rings. The smallest absolute Gasteiger partial charge is 0.124 e. The minimum absolute atomic E-state index is 0.436. The number of β-amino-alcohol motifs (C(OH)–C–C–N with tert-alkyl or cyclic N) is 1. The molecule has 20 heavy (non-hydrogen) atoms. The van der Waals surface area contributed by atoms with Crippen LogP contribution in [0.15, 0.2) is 22.7 Å². The molecule has 0 radical (unpaired) electrons. The fraction of sp³-hybridized carbons (Fsp3) is 0.357. The first-order valence-corrected chi connectivity index (χ1v) is 8.03. The lowest BCUT2D eigenvalue weighted by molar-refractivity contribution is 0.168. The van der Waals surface area contributed by atoms with Crippen molar-refractivity contribution in [3.05, 3.63) is 33.2 Å². The lowest BCUT2D eigenvalue weighted by Gasteiger charge is -2.16. The second-order valence-electron chi connectivity index (χ2n) is 5.04. The number of rotatable bonds is 2. The van der Waals surface area contributed by atoms with E-state index in [0.717, 1.165) is 37.8 Å². The molecule has 6 heteroatoms. The maximum Gasteiger partial charge on any atom is 0.124 e. The highest BCUT2D eigenvalue weighted by atomic mass is 79.9. The Morgan fingerprint density at radius 1 is 1.45 bits per heavy atom. The van der Waals surface area contributed by atoms with Crippen molar-refractivity contribution in [2.45, 2.75) is 12.6 Å². The number of halogens is 1. The summed E-state index contributed by atoms with van der Waals surface area (Å²) in [6, 6.07) is 6.23. The largest absolute Gasteiger partial charge is 0.386 e. The van der Waals surface area contributed by atoms with E-state index >= 15 is 0 Å². The Kier molecular flexibility index (Phi) is 3.81. The van der Waals surface area contributed by atoms with Crippen molar-refractivity contribution < 1.29 is 5.11 Å². The van der Waals surface area contributed by atoms with Crippen LogP contribution >= 0.6 is 27.3 Å². The molecule has 1 aliphatic heterocycles. The molecular weight excluding hydrogens is 338 g/mol. The highest BCUT2D eigenvalue weighted by Gasteiger charge is 2.23. The van der Waals surface area contributed by atoms with E-state index in [1.165, 1.54) is 0 Å². The van der Waals surface area contributed by atoms with Gasteiger partial charge in [-0.25, -0.2) is 4.98 Å². The molecule has 1 atom stereocenters. The second-order valence-corrected chi connectivity index (χ2v) is 6.92. The molecule has 4 nitrogen and oxygen atoms in total. The third-order valence-corrected chi connectivity index (χ3v) is 5.22. The van der Waals surface area contributed by atoms with Gasteiger partial charge in [-0.15, -0.1) is 11.3 Å². The van der Waals surface area contributed by atoms with Crippen LogP contribution in [0.5, 0.6) is 0 Å². The number of aliphatic hydroxyl groups is 1. The van der Waals surface area contributed by atoms with Crippen LogP contribution in [0.3, 0.4) is 0 Å². The molecule has 0 saturated carbocycles. The zero-order valence-corrected chi connectivity index (χ0v) is 13.8. The van der Waals surface area contributed by atoms with Crippen LogP contribution in [0.4, 0.5) is 5.69 Å². The Hall–Kier alpha value is -0.950. The molecule has 0 saturated heterocycles. The number of benzene rings is 1. The van der Waals surface area contributed by atoms with E-state index in [2.05, 4.69) is 49.3 Å². The standard InChI is InChI=1S/C14H16BrN3OS/c1-18(2)11-4-3-8(5-9(11)15)14-17-10-6-16-7-12(19)13(10)20-14/h3-5,12,16,19H,6-7H2,1-2H3. The molecule has 0 spiro atoms. The van der Waals surface area contributed by atoms with Crippen LogP contribution in [0, 0.1) is 0 Å². The van der Waals surface area contributed by atoms with Crippen molar-refractivity contribution in [1.29, 1.82) is 0 Å². The van der Waals surface area contributed by atoms with E-state index in [9.17, 15) is 5.11 Å². The summed E-state index contributed by atoms with van der Waals surface area (Å²) in [5.41, 5.74) is 3.18. The fourth-order valence-corrected chi connectivity index (χ4v) is 4.09. The number of aromatic nitrogens is 1. The number of nitrogens with zero attached hydrogens (tertiary/aromatic N) is 2. The summed E-state index contributed by atoms with van der Waals surface area (Å²) in [4.78, 5) is 7.70. The highest BCUT2D eigenvalue weighted by molar-refractivity contribution is 9.10. The number of aliphatic hydroxyl groups excluding tert-OH is 1. The summed E-state index contributed by atoms with van der Waals surface area (Å²) in [5, 5.41) is 14.1. The van der Waals surface area contributed by atoms with E-state index in [0.29, 0.717) is 6.54 Å². The summed E-state index contributed by atoms with van der Waals surface area (Å²) < 4.78 is 1.05. The van der Waals surface area contributed by atoms with Crippen LogP contribution in [0.1, 0.15) is 16.7 Å². The summed E-state index contributed by atoms with van der Waals surface area (Å²) in [6.07, 6.45) is -0.436. The van der Waals surface area contributed by atoms with E-state index in [-0.39, 0.29) is 0 Å². The molecule has 0 fully saturated rings. The van der Waals surface area contributed by atoms with Crippen molar-refractivity contribution in [1.82, 2.24) is 10.3 Å². The minimum Gasteiger partial charge on any atom is -0.386 e. The molecule has 1 aromatic carbocycles. The molecule has 106 valence electrons. The van der Waals surface area contributed by atoms with E-state index in [1.54, 1.807) is 11.3 Å². The first kappa shape index (κ1) is 14.0. The van der Waals surface area contributed by atoms with E-state index < -0.39 is 6.10 Å². The number of anilines is 1. The zero-order chi connectivity index (χ0) is 14.3. The van der Waals surface area contributed by atoms with Crippen molar-refractivity contribution in [2.75, 3.05) is 25.5 Å². The summed E-state index contributed by atoms with van der Waals surface area (Å²) >= 11 is 5.19. The molecule has 0 bridgehead atoms. The molecule has 0 amide bonds. The predicted octanol–water partition coefficient (Wildman–Crippen LogP) is 2.78. The van der Waals surface area contributed by atoms with Gasteiger partial charge in [0.25, 0.3) is 0 Å². The van der Waals surface area contributed by atoms with Gasteiger partial charge in [0.15, 0.2) is 0 Å². The van der Waals surface area contributed by atoms with Crippen molar-refractivity contribution in [3.63, 3.8) is 0 Å². The quantitative estimate of drug-likeness (QED) is 0.871. The minimum atomic E-state index is -0.436. The highest BCUT2D eigenvalue weighted by Crippen LogP contribution is 2.36. The first-order chi connectivity index (χ1) is 9.56. The zero-order valence-electron chi connectivity index (χ0n) is 11.4. The third-order valence-electron chi connectivity index (χ3n) is 3.34. The monoisotopic (exact) mass is 353 g/mol. The maximum absolute atomic E-state index is 9.99. The lowest BCUT2D eigenvalue weighted by atomic mass is 10.2. The Labute approximate surface area is 130 Å². The molecule has 0 aliphatic carbocycles. The summed E-state index contributed by atoms with van der Waals surface area (Å²) in [7, 11) is 4.04. The van der Waals surface area contributed by atoms with Crippen molar-refractivity contribution >= 4 is 33.0 Å². The number of nitrogens with one attached hydrogen (secondary N) is 1. The molecule has 2 N–H and O–H groups in total. The van der Waals surface area contributed by atoms with Gasteiger partial charge in [0.1, 0.15) is 11.1 Å². The molecule has 3 rings (SSSR count). The first-order valence-electron chi connectivity index (χ1n) is 6.42. The molecule has 2 aromatic rings. The van der Waals surface area contributed by atoms with E-state index in [4.69, 9.17) is 0 Å². The molecule has 1 unspecified atom stereocenters. The molecular formula is C14H16BrN3OS.